The number of carbonyl (C=O) groups excluding carboxylic acids is 3. The molecule has 3 aliphatic rings. The van der Waals surface area contributed by atoms with E-state index in [1.165, 1.54) is 18.2 Å². The summed E-state index contributed by atoms with van der Waals surface area (Å²) in [4.78, 5) is 39.1. The molecule has 1 aromatic rings. The van der Waals surface area contributed by atoms with E-state index in [2.05, 4.69) is 5.32 Å². The first-order chi connectivity index (χ1) is 12.0. The molecule has 0 aliphatic carbocycles. The first kappa shape index (κ1) is 16.1. The van der Waals surface area contributed by atoms with Gasteiger partial charge in [0.1, 0.15) is 5.82 Å². The van der Waals surface area contributed by atoms with Crippen LogP contribution in [0.5, 0.6) is 0 Å². The molecular weight excluding hydrogens is 325 g/mol. The summed E-state index contributed by atoms with van der Waals surface area (Å²) in [5, 5.41) is 2.80. The Morgan fingerprint density at radius 3 is 2.32 bits per heavy atom. The molecule has 25 heavy (non-hydrogen) atoms. The Morgan fingerprint density at radius 2 is 1.68 bits per heavy atom. The number of amides is 4. The third-order valence-corrected chi connectivity index (χ3v) is 5.42. The summed E-state index contributed by atoms with van der Waals surface area (Å²) in [6.45, 7) is 0. The highest BCUT2D eigenvalue weighted by Gasteiger charge is 2.39. The summed E-state index contributed by atoms with van der Waals surface area (Å²) in [7, 11) is 0. The molecule has 3 fully saturated rings. The average molecular weight is 345 g/mol. The van der Waals surface area contributed by atoms with Crippen molar-refractivity contribution < 1.29 is 18.8 Å². The fourth-order valence-electron chi connectivity index (χ4n) is 4.24. The van der Waals surface area contributed by atoms with Gasteiger partial charge in [-0.05, 0) is 50.3 Å². The highest BCUT2D eigenvalue weighted by atomic mass is 19.1. The molecule has 0 saturated carbocycles. The Morgan fingerprint density at radius 1 is 1.04 bits per heavy atom. The predicted octanol–water partition coefficient (Wildman–Crippen LogP) is 3.03. The highest BCUT2D eigenvalue weighted by molar-refractivity contribution is 6.20. The lowest BCUT2D eigenvalue weighted by molar-refractivity contribution is -0.121. The zero-order chi connectivity index (χ0) is 17.6. The zero-order valence-electron chi connectivity index (χ0n) is 13.8. The fraction of sp³-hybridized carbons (Fsp3) is 0.500. The number of piperidine rings is 1. The Hall–Kier alpha value is -2.44. The van der Waals surface area contributed by atoms with Crippen LogP contribution in [0.3, 0.4) is 0 Å². The van der Waals surface area contributed by atoms with E-state index in [9.17, 15) is 18.8 Å². The second-order valence-corrected chi connectivity index (χ2v) is 6.94. The monoisotopic (exact) mass is 345 g/mol. The number of nitrogens with zero attached hydrogens (tertiary/aromatic N) is 2. The summed E-state index contributed by atoms with van der Waals surface area (Å²) < 4.78 is 14.1. The molecule has 1 N–H and O–H groups in total. The molecule has 2 bridgehead atoms. The molecule has 2 atom stereocenters. The van der Waals surface area contributed by atoms with Gasteiger partial charge >= 0.3 is 6.03 Å². The Balaban J connectivity index is 1.55. The first-order valence-corrected chi connectivity index (χ1v) is 8.79. The molecule has 3 aliphatic heterocycles. The van der Waals surface area contributed by atoms with Crippen molar-refractivity contribution >= 4 is 29.2 Å². The van der Waals surface area contributed by atoms with E-state index in [1.54, 1.807) is 0 Å². The minimum absolute atomic E-state index is 0.0893. The van der Waals surface area contributed by atoms with Crippen LogP contribution in [0.2, 0.25) is 0 Å². The van der Waals surface area contributed by atoms with Gasteiger partial charge in [-0.2, -0.15) is 0 Å². The van der Waals surface area contributed by atoms with Crippen molar-refractivity contribution in [2.45, 2.75) is 57.0 Å². The summed E-state index contributed by atoms with van der Waals surface area (Å²) in [6.07, 6.45) is 5.44. The predicted molar refractivity (Wildman–Crippen MR) is 89.6 cm³/mol. The van der Waals surface area contributed by atoms with Crippen LogP contribution in [0, 0.1) is 5.82 Å². The smallest absolute Gasteiger partial charge is 0.319 e. The average Bonchev–Trinajstić information content (AvgIpc) is 3.05. The number of benzene rings is 1. The number of imide groups is 1. The summed E-state index contributed by atoms with van der Waals surface area (Å²) in [6, 6.07) is 4.35. The van der Waals surface area contributed by atoms with Crippen LogP contribution >= 0.6 is 0 Å². The molecule has 1 aromatic carbocycles. The van der Waals surface area contributed by atoms with Crippen LogP contribution < -0.4 is 10.2 Å². The molecule has 0 aromatic heterocycles. The molecular formula is C18H20FN3O3. The van der Waals surface area contributed by atoms with Gasteiger partial charge in [-0.15, -0.1) is 0 Å². The van der Waals surface area contributed by atoms with Crippen molar-refractivity contribution in [1.82, 2.24) is 4.90 Å². The molecule has 3 heterocycles. The van der Waals surface area contributed by atoms with Crippen molar-refractivity contribution in [1.29, 1.82) is 0 Å². The summed E-state index contributed by atoms with van der Waals surface area (Å²) in [5.41, 5.74) is 0.297. The third-order valence-electron chi connectivity index (χ3n) is 5.42. The second kappa shape index (κ2) is 6.13. The lowest BCUT2D eigenvalue weighted by Gasteiger charge is -2.34. The topological polar surface area (TPSA) is 69.7 Å². The maximum atomic E-state index is 14.1. The SMILES string of the molecule is O=C1CCC(=O)N1c1cc(NC(=O)N2C3CCCC2CC3)ccc1F. The van der Waals surface area contributed by atoms with Gasteiger partial charge in [0.25, 0.3) is 0 Å². The Labute approximate surface area is 145 Å². The quantitative estimate of drug-likeness (QED) is 0.838. The minimum Gasteiger partial charge on any atom is -0.319 e. The molecule has 3 saturated heterocycles. The van der Waals surface area contributed by atoms with E-state index in [4.69, 9.17) is 0 Å². The van der Waals surface area contributed by atoms with E-state index < -0.39 is 17.6 Å². The van der Waals surface area contributed by atoms with Gasteiger partial charge in [-0.25, -0.2) is 14.1 Å². The molecule has 2 unspecified atom stereocenters. The Bertz CT molecular complexity index is 719. The number of nitrogens with one attached hydrogen (secondary N) is 1. The first-order valence-electron chi connectivity index (χ1n) is 8.79. The standard InChI is InChI=1S/C18H20FN3O3/c19-14-7-4-11(10-15(14)22-16(23)8-9-17(22)24)20-18(25)21-12-2-1-3-13(21)6-5-12/h4,7,10,12-13H,1-3,5-6,8-9H2,(H,20,25). The van der Waals surface area contributed by atoms with E-state index >= 15 is 0 Å². The van der Waals surface area contributed by atoms with Crippen LogP contribution in [0.1, 0.15) is 44.9 Å². The van der Waals surface area contributed by atoms with Crippen LogP contribution in [0.15, 0.2) is 18.2 Å². The van der Waals surface area contributed by atoms with E-state index in [-0.39, 0.29) is 36.6 Å². The number of hydrogen-bond donors (Lipinski definition) is 1. The second-order valence-electron chi connectivity index (χ2n) is 6.94. The number of urea groups is 1. The maximum Gasteiger partial charge on any atom is 0.322 e. The van der Waals surface area contributed by atoms with Crippen molar-refractivity contribution in [2.75, 3.05) is 10.2 Å². The summed E-state index contributed by atoms with van der Waals surface area (Å²) in [5.74, 6) is -1.48. The zero-order valence-corrected chi connectivity index (χ0v) is 13.8. The van der Waals surface area contributed by atoms with Gasteiger partial charge in [0.2, 0.25) is 11.8 Å². The number of carbonyl (C=O) groups is 3. The van der Waals surface area contributed by atoms with Crippen LogP contribution in [0.25, 0.3) is 0 Å². The largest absolute Gasteiger partial charge is 0.322 e. The van der Waals surface area contributed by atoms with Crippen LogP contribution in [-0.4, -0.2) is 34.8 Å². The van der Waals surface area contributed by atoms with Crippen molar-refractivity contribution in [3.8, 4) is 0 Å². The van der Waals surface area contributed by atoms with Crippen LogP contribution in [-0.2, 0) is 9.59 Å². The highest BCUT2D eigenvalue weighted by Crippen LogP contribution is 2.36. The van der Waals surface area contributed by atoms with Gasteiger partial charge in [0.05, 0.1) is 5.69 Å². The number of halogens is 1. The van der Waals surface area contributed by atoms with Gasteiger partial charge in [0, 0.05) is 30.6 Å². The normalized spacial score (nSPS) is 25.6. The van der Waals surface area contributed by atoms with Gasteiger partial charge < -0.3 is 10.2 Å². The molecule has 4 amide bonds. The molecule has 0 radical (unpaired) electrons. The number of fused-ring (bicyclic) bond motifs is 2. The lowest BCUT2D eigenvalue weighted by atomic mass is 10.0. The number of hydrogen-bond acceptors (Lipinski definition) is 3. The van der Waals surface area contributed by atoms with Crippen molar-refractivity contribution in [3.05, 3.63) is 24.0 Å². The fourth-order valence-corrected chi connectivity index (χ4v) is 4.24. The Kier molecular flexibility index (Phi) is 3.94. The number of rotatable bonds is 2. The minimum atomic E-state index is -0.653. The van der Waals surface area contributed by atoms with Crippen molar-refractivity contribution in [2.24, 2.45) is 0 Å². The molecule has 4 rings (SSSR count). The molecule has 7 heteroatoms. The molecule has 132 valence electrons. The third kappa shape index (κ3) is 2.77. The molecule has 6 nitrogen and oxygen atoms in total. The van der Waals surface area contributed by atoms with E-state index in [0.717, 1.165) is 37.0 Å². The van der Waals surface area contributed by atoms with Crippen LogP contribution in [0.4, 0.5) is 20.6 Å². The molecule has 0 spiro atoms. The summed E-state index contributed by atoms with van der Waals surface area (Å²) >= 11 is 0. The van der Waals surface area contributed by atoms with Gasteiger partial charge in [-0.1, -0.05) is 0 Å². The van der Waals surface area contributed by atoms with Crippen molar-refractivity contribution in [3.63, 3.8) is 0 Å². The lowest BCUT2D eigenvalue weighted by Crippen LogP contribution is -2.46. The van der Waals surface area contributed by atoms with Gasteiger partial charge in [-0.3, -0.25) is 9.59 Å². The van der Waals surface area contributed by atoms with E-state index in [1.807, 2.05) is 4.90 Å². The van der Waals surface area contributed by atoms with Gasteiger partial charge in [0.15, 0.2) is 0 Å². The maximum absolute atomic E-state index is 14.1. The number of anilines is 2. The van der Waals surface area contributed by atoms with E-state index in [0.29, 0.717) is 5.69 Å².